The molecule has 1 saturated carbocycles. The Morgan fingerprint density at radius 3 is 2.38 bits per heavy atom. The number of amides is 2. The number of hydrogen-bond donors (Lipinski definition) is 1. The van der Waals surface area contributed by atoms with Gasteiger partial charge in [0.15, 0.2) is 9.84 Å². The fourth-order valence-corrected chi connectivity index (χ4v) is 5.50. The average Bonchev–Trinajstić information content (AvgIpc) is 3.52. The average molecular weight is 455 g/mol. The van der Waals surface area contributed by atoms with Gasteiger partial charge in [0.25, 0.3) is 0 Å². The number of sulfone groups is 1. The first-order chi connectivity index (χ1) is 15.2. The second-order valence-corrected chi connectivity index (χ2v) is 11.6. The highest BCUT2D eigenvalue weighted by Gasteiger charge is 2.37. The van der Waals surface area contributed by atoms with E-state index in [1.54, 1.807) is 30.0 Å². The minimum atomic E-state index is -3.67. The van der Waals surface area contributed by atoms with E-state index in [1.807, 2.05) is 24.3 Å². The number of hydrogen-bond acceptors (Lipinski definition) is 4. The Bertz CT molecular complexity index is 1140. The molecule has 0 bridgehead atoms. The lowest BCUT2D eigenvalue weighted by Crippen LogP contribution is -2.30. The summed E-state index contributed by atoms with van der Waals surface area (Å²) in [6.45, 7) is 6.36. The molecule has 2 aromatic carbocycles. The molecule has 4 rings (SSSR count). The summed E-state index contributed by atoms with van der Waals surface area (Å²) in [4.78, 5) is 26.9. The van der Waals surface area contributed by atoms with Gasteiger partial charge in [-0.3, -0.25) is 9.59 Å². The van der Waals surface area contributed by atoms with E-state index in [9.17, 15) is 18.0 Å². The summed E-state index contributed by atoms with van der Waals surface area (Å²) in [5.74, 6) is 0.340. The zero-order valence-corrected chi connectivity index (χ0v) is 19.6. The maximum Gasteiger partial charge on any atom is 0.230 e. The SMILES string of the molecule is CC(C)c1ccc(NC(=O)CC(C)S(=O)(=O)c2ccc3c(c2)CCN3C(=O)C2CC2)cc1. The van der Waals surface area contributed by atoms with Crippen molar-refractivity contribution in [2.75, 3.05) is 16.8 Å². The van der Waals surface area contributed by atoms with Crippen LogP contribution in [-0.4, -0.2) is 32.0 Å². The molecule has 1 aliphatic heterocycles. The number of anilines is 2. The number of fused-ring (bicyclic) bond motifs is 1. The molecule has 0 spiro atoms. The molecule has 1 N–H and O–H groups in total. The molecule has 6 nitrogen and oxygen atoms in total. The van der Waals surface area contributed by atoms with Gasteiger partial charge in [-0.1, -0.05) is 26.0 Å². The van der Waals surface area contributed by atoms with Gasteiger partial charge in [0.2, 0.25) is 11.8 Å². The van der Waals surface area contributed by atoms with Crippen molar-refractivity contribution in [2.45, 2.75) is 62.5 Å². The summed E-state index contributed by atoms with van der Waals surface area (Å²) in [6.07, 6.45) is 2.41. The zero-order chi connectivity index (χ0) is 23.0. The number of benzene rings is 2. The van der Waals surface area contributed by atoms with Crippen LogP contribution in [0.1, 0.15) is 57.1 Å². The second kappa shape index (κ2) is 8.70. The first-order valence-electron chi connectivity index (χ1n) is 11.2. The number of rotatable bonds is 7. The maximum absolute atomic E-state index is 13.1. The summed E-state index contributed by atoms with van der Waals surface area (Å²) < 4.78 is 26.2. The molecule has 32 heavy (non-hydrogen) atoms. The van der Waals surface area contributed by atoms with Gasteiger partial charge in [-0.15, -0.1) is 0 Å². The van der Waals surface area contributed by atoms with Gasteiger partial charge in [-0.25, -0.2) is 8.42 Å². The number of carbonyl (C=O) groups is 2. The van der Waals surface area contributed by atoms with Gasteiger partial charge >= 0.3 is 0 Å². The van der Waals surface area contributed by atoms with Crippen LogP contribution >= 0.6 is 0 Å². The van der Waals surface area contributed by atoms with Crippen LogP contribution in [0.4, 0.5) is 11.4 Å². The van der Waals surface area contributed by atoms with Crippen LogP contribution in [0.5, 0.6) is 0 Å². The lowest BCUT2D eigenvalue weighted by Gasteiger charge is -2.18. The molecule has 0 saturated heterocycles. The van der Waals surface area contributed by atoms with Crippen molar-refractivity contribution in [3.63, 3.8) is 0 Å². The zero-order valence-electron chi connectivity index (χ0n) is 18.8. The third-order valence-electron chi connectivity index (χ3n) is 6.33. The van der Waals surface area contributed by atoms with Gasteiger partial charge < -0.3 is 10.2 Å². The van der Waals surface area contributed by atoms with E-state index in [2.05, 4.69) is 19.2 Å². The Morgan fingerprint density at radius 1 is 1.06 bits per heavy atom. The van der Waals surface area contributed by atoms with Crippen molar-refractivity contribution < 1.29 is 18.0 Å². The molecule has 7 heteroatoms. The van der Waals surface area contributed by atoms with Crippen LogP contribution in [0, 0.1) is 5.92 Å². The Balaban J connectivity index is 1.42. The maximum atomic E-state index is 13.1. The van der Waals surface area contributed by atoms with Crippen LogP contribution in [0.25, 0.3) is 0 Å². The molecular formula is C25H30N2O4S. The van der Waals surface area contributed by atoms with Crippen molar-refractivity contribution in [3.8, 4) is 0 Å². The Labute approximate surface area is 189 Å². The first-order valence-corrected chi connectivity index (χ1v) is 12.8. The van der Waals surface area contributed by atoms with Gasteiger partial charge in [-0.2, -0.15) is 0 Å². The predicted octanol–water partition coefficient (Wildman–Crippen LogP) is 4.30. The molecule has 1 fully saturated rings. The Hall–Kier alpha value is -2.67. The smallest absolute Gasteiger partial charge is 0.230 e. The summed E-state index contributed by atoms with van der Waals surface area (Å²) in [6, 6.07) is 12.6. The second-order valence-electron chi connectivity index (χ2n) is 9.19. The molecule has 0 radical (unpaired) electrons. The highest BCUT2D eigenvalue weighted by Crippen LogP contribution is 2.37. The molecule has 1 aliphatic carbocycles. The van der Waals surface area contributed by atoms with Gasteiger partial charge in [-0.05, 0) is 73.6 Å². The molecule has 1 atom stereocenters. The van der Waals surface area contributed by atoms with Crippen molar-refractivity contribution in [2.24, 2.45) is 5.92 Å². The van der Waals surface area contributed by atoms with Crippen molar-refractivity contribution in [1.29, 1.82) is 0 Å². The van der Waals surface area contributed by atoms with E-state index in [0.717, 1.165) is 24.1 Å². The molecule has 170 valence electrons. The lowest BCUT2D eigenvalue weighted by molar-refractivity contribution is -0.119. The molecule has 2 aliphatic rings. The fraction of sp³-hybridized carbons (Fsp3) is 0.440. The van der Waals surface area contributed by atoms with Crippen LogP contribution < -0.4 is 10.2 Å². The number of nitrogens with one attached hydrogen (secondary N) is 1. The van der Waals surface area contributed by atoms with E-state index in [4.69, 9.17) is 0 Å². The molecule has 2 amide bonds. The molecular weight excluding hydrogens is 424 g/mol. The summed E-state index contributed by atoms with van der Waals surface area (Å²) in [7, 11) is -3.67. The van der Waals surface area contributed by atoms with Crippen molar-refractivity contribution >= 4 is 33.0 Å². The topological polar surface area (TPSA) is 83.6 Å². The Kier molecular flexibility index (Phi) is 6.12. The molecule has 2 aromatic rings. The largest absolute Gasteiger partial charge is 0.326 e. The van der Waals surface area contributed by atoms with Crippen molar-refractivity contribution in [1.82, 2.24) is 0 Å². The number of carbonyl (C=O) groups excluding carboxylic acids is 2. The van der Waals surface area contributed by atoms with E-state index >= 15 is 0 Å². The highest BCUT2D eigenvalue weighted by atomic mass is 32.2. The minimum absolute atomic E-state index is 0.127. The lowest BCUT2D eigenvalue weighted by atomic mass is 10.0. The standard InChI is InChI=1S/C25H30N2O4S/c1-16(2)18-6-8-21(9-7-18)26-24(28)14-17(3)32(30,31)22-10-11-23-20(15-22)12-13-27(23)25(29)19-4-5-19/h6-11,15-17,19H,4-5,12-14H2,1-3H3,(H,26,28). The van der Waals surface area contributed by atoms with Gasteiger partial charge in [0, 0.05) is 30.3 Å². The molecule has 1 unspecified atom stereocenters. The first kappa shape index (κ1) is 22.5. The molecule has 1 heterocycles. The third kappa shape index (κ3) is 4.58. The van der Waals surface area contributed by atoms with Gasteiger partial charge in [0.05, 0.1) is 10.1 Å². The highest BCUT2D eigenvalue weighted by molar-refractivity contribution is 7.92. The molecule has 0 aromatic heterocycles. The monoisotopic (exact) mass is 454 g/mol. The minimum Gasteiger partial charge on any atom is -0.326 e. The van der Waals surface area contributed by atoms with Crippen LogP contribution in [-0.2, 0) is 25.8 Å². The summed E-state index contributed by atoms with van der Waals surface area (Å²) in [5.41, 5.74) is 3.52. The van der Waals surface area contributed by atoms with Crippen molar-refractivity contribution in [3.05, 3.63) is 53.6 Å². The summed E-state index contributed by atoms with van der Waals surface area (Å²) >= 11 is 0. The Morgan fingerprint density at radius 2 is 1.75 bits per heavy atom. The summed E-state index contributed by atoms with van der Waals surface area (Å²) in [5, 5.41) is 1.93. The van der Waals surface area contributed by atoms with Crippen LogP contribution in [0.15, 0.2) is 47.4 Å². The number of nitrogens with zero attached hydrogens (tertiary/aromatic N) is 1. The quantitative estimate of drug-likeness (QED) is 0.676. The van der Waals surface area contributed by atoms with E-state index in [1.165, 1.54) is 5.56 Å². The van der Waals surface area contributed by atoms with E-state index in [-0.39, 0.29) is 29.0 Å². The third-order valence-corrected chi connectivity index (χ3v) is 8.47. The van der Waals surface area contributed by atoms with E-state index in [0.29, 0.717) is 24.6 Å². The predicted molar refractivity (Wildman–Crippen MR) is 126 cm³/mol. The van der Waals surface area contributed by atoms with Crippen LogP contribution in [0.3, 0.4) is 0 Å². The van der Waals surface area contributed by atoms with Crippen LogP contribution in [0.2, 0.25) is 0 Å². The normalized spacial score (nSPS) is 16.7. The van der Waals surface area contributed by atoms with Gasteiger partial charge in [0.1, 0.15) is 0 Å². The van der Waals surface area contributed by atoms with E-state index < -0.39 is 15.1 Å². The fourth-order valence-electron chi connectivity index (χ4n) is 4.10.